The SMILES string of the molecule is COc1ccc2[nH]cc(CCN3C(=O)c4n[nH]c(C)c4C3c3cccc(O)c3)c2c1. The Bertz CT molecular complexity index is 1260. The van der Waals surface area contributed by atoms with Crippen LogP contribution < -0.4 is 4.74 Å². The average Bonchev–Trinajstić information content (AvgIpc) is 3.41. The summed E-state index contributed by atoms with van der Waals surface area (Å²) in [7, 11) is 1.65. The molecule has 1 aliphatic heterocycles. The number of aromatic amines is 2. The number of phenolic OH excluding ortho intramolecular Hbond substituents is 1. The first-order valence-electron chi connectivity index (χ1n) is 9.85. The van der Waals surface area contributed by atoms with Gasteiger partial charge < -0.3 is 19.7 Å². The predicted molar refractivity (Wildman–Crippen MR) is 113 cm³/mol. The van der Waals surface area contributed by atoms with E-state index < -0.39 is 0 Å². The molecule has 1 amide bonds. The van der Waals surface area contributed by atoms with Crippen molar-refractivity contribution in [3.63, 3.8) is 0 Å². The summed E-state index contributed by atoms with van der Waals surface area (Å²) in [6.07, 6.45) is 2.67. The number of benzene rings is 2. The normalized spacial score (nSPS) is 15.7. The Hall–Kier alpha value is -3.74. The Kier molecular flexibility index (Phi) is 4.24. The predicted octanol–water partition coefficient (Wildman–Crippen LogP) is 3.70. The number of nitrogens with zero attached hydrogens (tertiary/aromatic N) is 2. The lowest BCUT2D eigenvalue weighted by atomic mass is 9.98. The molecule has 0 radical (unpaired) electrons. The molecule has 0 aliphatic carbocycles. The summed E-state index contributed by atoms with van der Waals surface area (Å²) in [4.78, 5) is 18.3. The third-order valence-electron chi connectivity index (χ3n) is 5.83. The number of hydrogen-bond donors (Lipinski definition) is 3. The van der Waals surface area contributed by atoms with Crippen LogP contribution in [0.5, 0.6) is 11.5 Å². The van der Waals surface area contributed by atoms with Gasteiger partial charge in [-0.1, -0.05) is 12.1 Å². The van der Waals surface area contributed by atoms with Crippen LogP contribution in [0.1, 0.15) is 38.9 Å². The number of fused-ring (bicyclic) bond motifs is 2. The molecule has 2 aromatic heterocycles. The molecule has 4 aromatic rings. The number of methoxy groups -OCH3 is 1. The molecule has 7 nitrogen and oxygen atoms in total. The van der Waals surface area contributed by atoms with E-state index >= 15 is 0 Å². The van der Waals surface area contributed by atoms with E-state index in [2.05, 4.69) is 15.2 Å². The molecule has 1 atom stereocenters. The zero-order valence-corrected chi connectivity index (χ0v) is 16.8. The van der Waals surface area contributed by atoms with Crippen molar-refractivity contribution < 1.29 is 14.6 Å². The Morgan fingerprint density at radius 2 is 2.10 bits per heavy atom. The van der Waals surface area contributed by atoms with E-state index in [4.69, 9.17) is 4.74 Å². The van der Waals surface area contributed by atoms with Gasteiger partial charge in [-0.25, -0.2) is 0 Å². The Morgan fingerprint density at radius 1 is 1.23 bits per heavy atom. The maximum atomic E-state index is 13.2. The number of ether oxygens (including phenoxy) is 1. The van der Waals surface area contributed by atoms with Gasteiger partial charge in [0.05, 0.1) is 13.2 Å². The van der Waals surface area contributed by atoms with E-state index in [9.17, 15) is 9.90 Å². The molecule has 0 bridgehead atoms. The zero-order valence-electron chi connectivity index (χ0n) is 16.8. The van der Waals surface area contributed by atoms with Gasteiger partial charge in [0.1, 0.15) is 11.5 Å². The summed E-state index contributed by atoms with van der Waals surface area (Å²) in [5.41, 5.74) is 5.23. The number of carbonyl (C=O) groups is 1. The van der Waals surface area contributed by atoms with Gasteiger partial charge >= 0.3 is 0 Å². The van der Waals surface area contributed by atoms with Gasteiger partial charge in [-0.15, -0.1) is 0 Å². The number of aromatic nitrogens is 3. The highest BCUT2D eigenvalue weighted by Gasteiger charge is 2.41. The maximum Gasteiger partial charge on any atom is 0.275 e. The van der Waals surface area contributed by atoms with Crippen LogP contribution in [-0.4, -0.2) is 44.7 Å². The molecular formula is C23H22N4O3. The summed E-state index contributed by atoms with van der Waals surface area (Å²) in [5, 5.41) is 18.3. The highest BCUT2D eigenvalue weighted by Crippen LogP contribution is 2.40. The van der Waals surface area contributed by atoms with Gasteiger partial charge in [0.2, 0.25) is 0 Å². The number of aromatic hydroxyl groups is 1. The van der Waals surface area contributed by atoms with Crippen LogP contribution in [0.4, 0.5) is 0 Å². The number of amides is 1. The lowest BCUT2D eigenvalue weighted by molar-refractivity contribution is 0.0745. The monoisotopic (exact) mass is 402 g/mol. The Labute approximate surface area is 173 Å². The molecule has 3 heterocycles. The van der Waals surface area contributed by atoms with Crippen molar-refractivity contribution in [2.45, 2.75) is 19.4 Å². The maximum absolute atomic E-state index is 13.2. The second-order valence-electron chi connectivity index (χ2n) is 7.58. The molecule has 2 aromatic carbocycles. The molecule has 7 heteroatoms. The zero-order chi connectivity index (χ0) is 20.8. The summed E-state index contributed by atoms with van der Waals surface area (Å²) in [6.45, 7) is 2.45. The molecule has 1 unspecified atom stereocenters. The minimum atomic E-state index is -0.280. The summed E-state index contributed by atoms with van der Waals surface area (Å²) in [6, 6.07) is 12.7. The van der Waals surface area contributed by atoms with Crippen LogP contribution in [0, 0.1) is 6.92 Å². The number of phenols is 1. The third kappa shape index (κ3) is 2.82. The average molecular weight is 402 g/mol. The van der Waals surface area contributed by atoms with Crippen molar-refractivity contribution in [2.24, 2.45) is 0 Å². The minimum absolute atomic E-state index is 0.0971. The van der Waals surface area contributed by atoms with E-state index in [1.54, 1.807) is 25.3 Å². The molecule has 3 N–H and O–H groups in total. The van der Waals surface area contributed by atoms with Gasteiger partial charge in [-0.05, 0) is 54.8 Å². The Balaban J connectivity index is 1.49. The molecule has 0 saturated heterocycles. The van der Waals surface area contributed by atoms with Crippen molar-refractivity contribution in [1.29, 1.82) is 0 Å². The van der Waals surface area contributed by atoms with Gasteiger partial charge in [0.15, 0.2) is 5.69 Å². The van der Waals surface area contributed by atoms with Crippen molar-refractivity contribution >= 4 is 16.8 Å². The van der Waals surface area contributed by atoms with E-state index in [1.807, 2.05) is 42.3 Å². The van der Waals surface area contributed by atoms with Gasteiger partial charge in [-0.3, -0.25) is 9.89 Å². The molecule has 30 heavy (non-hydrogen) atoms. The lowest BCUT2D eigenvalue weighted by Gasteiger charge is -2.26. The third-order valence-corrected chi connectivity index (χ3v) is 5.83. The van der Waals surface area contributed by atoms with E-state index in [-0.39, 0.29) is 17.7 Å². The smallest absolute Gasteiger partial charge is 0.275 e. The minimum Gasteiger partial charge on any atom is -0.508 e. The van der Waals surface area contributed by atoms with Crippen LogP contribution >= 0.6 is 0 Å². The number of H-pyrrole nitrogens is 2. The molecule has 0 spiro atoms. The number of rotatable bonds is 5. The Morgan fingerprint density at radius 3 is 2.90 bits per heavy atom. The van der Waals surface area contributed by atoms with Gasteiger partial charge in [0.25, 0.3) is 5.91 Å². The fraction of sp³-hybridized carbons (Fsp3) is 0.217. The molecule has 0 fully saturated rings. The second kappa shape index (κ2) is 6.95. The highest BCUT2D eigenvalue weighted by atomic mass is 16.5. The van der Waals surface area contributed by atoms with E-state index in [0.29, 0.717) is 18.7 Å². The number of hydrogen-bond acceptors (Lipinski definition) is 4. The quantitative estimate of drug-likeness (QED) is 0.474. The highest BCUT2D eigenvalue weighted by molar-refractivity contribution is 5.98. The molecule has 5 rings (SSSR count). The van der Waals surface area contributed by atoms with Crippen LogP contribution in [0.3, 0.4) is 0 Å². The number of nitrogens with one attached hydrogen (secondary N) is 2. The van der Waals surface area contributed by atoms with Crippen molar-refractivity contribution in [2.75, 3.05) is 13.7 Å². The standard InChI is InChI=1S/C23H22N4O3/c1-13-20-21(26-25-13)23(29)27(22(20)14-4-3-5-16(28)10-14)9-8-15-12-24-19-7-6-17(30-2)11-18(15)19/h3-7,10-12,22,24,28H,8-9H2,1-2H3,(H,25,26). The molecule has 1 aliphatic rings. The molecule has 0 saturated carbocycles. The van der Waals surface area contributed by atoms with Crippen LogP contribution in [0.15, 0.2) is 48.7 Å². The van der Waals surface area contributed by atoms with Crippen molar-refractivity contribution in [3.8, 4) is 11.5 Å². The van der Waals surface area contributed by atoms with Crippen molar-refractivity contribution in [3.05, 3.63) is 76.7 Å². The fourth-order valence-corrected chi connectivity index (χ4v) is 4.35. The lowest BCUT2D eigenvalue weighted by Crippen LogP contribution is -2.31. The van der Waals surface area contributed by atoms with E-state index in [0.717, 1.165) is 39.0 Å². The van der Waals surface area contributed by atoms with E-state index in [1.165, 1.54) is 0 Å². The largest absolute Gasteiger partial charge is 0.508 e. The van der Waals surface area contributed by atoms with Crippen LogP contribution in [-0.2, 0) is 6.42 Å². The fourth-order valence-electron chi connectivity index (χ4n) is 4.35. The van der Waals surface area contributed by atoms with Crippen molar-refractivity contribution in [1.82, 2.24) is 20.1 Å². The first-order valence-corrected chi connectivity index (χ1v) is 9.85. The first-order chi connectivity index (χ1) is 14.6. The topological polar surface area (TPSA) is 94.2 Å². The molecular weight excluding hydrogens is 380 g/mol. The van der Waals surface area contributed by atoms with Gasteiger partial charge in [0, 0.05) is 34.9 Å². The first kappa shape index (κ1) is 18.3. The summed E-state index contributed by atoms with van der Waals surface area (Å²) < 4.78 is 5.36. The number of aryl methyl sites for hydroxylation is 1. The second-order valence-corrected chi connectivity index (χ2v) is 7.58. The van der Waals surface area contributed by atoms with Gasteiger partial charge in [-0.2, -0.15) is 5.10 Å². The summed E-state index contributed by atoms with van der Waals surface area (Å²) in [5.74, 6) is 0.882. The molecule has 152 valence electrons. The number of carbonyl (C=O) groups excluding carboxylic acids is 1. The van der Waals surface area contributed by atoms with Crippen LogP contribution in [0.2, 0.25) is 0 Å². The van der Waals surface area contributed by atoms with Crippen LogP contribution in [0.25, 0.3) is 10.9 Å². The summed E-state index contributed by atoms with van der Waals surface area (Å²) >= 11 is 0.